The van der Waals surface area contributed by atoms with Gasteiger partial charge in [-0.3, -0.25) is 4.90 Å². The Bertz CT molecular complexity index is 531. The van der Waals surface area contributed by atoms with Crippen molar-refractivity contribution >= 4 is 23.1 Å². The molecule has 1 fully saturated rings. The van der Waals surface area contributed by atoms with Crippen LogP contribution in [0, 0.1) is 0 Å². The highest BCUT2D eigenvalue weighted by Gasteiger charge is 2.26. The van der Waals surface area contributed by atoms with Gasteiger partial charge in [0.2, 0.25) is 0 Å². The quantitative estimate of drug-likeness (QED) is 0.381. The van der Waals surface area contributed by atoms with Crippen molar-refractivity contribution in [2.45, 2.75) is 26.3 Å². The summed E-state index contributed by atoms with van der Waals surface area (Å²) in [5.74, 6) is 0.0316. The van der Waals surface area contributed by atoms with Crippen LogP contribution in [0.1, 0.15) is 26.3 Å². The summed E-state index contributed by atoms with van der Waals surface area (Å²) in [5.41, 5.74) is 7.42. The van der Waals surface area contributed by atoms with E-state index < -0.39 is 0 Å². The average molecular weight is 311 g/mol. The van der Waals surface area contributed by atoms with E-state index in [0.717, 1.165) is 31.9 Å². The summed E-state index contributed by atoms with van der Waals surface area (Å²) in [7, 11) is 0. The third kappa shape index (κ3) is 3.60. The highest BCUT2D eigenvalue weighted by Crippen LogP contribution is 2.26. The van der Waals surface area contributed by atoms with E-state index in [0.29, 0.717) is 10.6 Å². The molecule has 1 saturated heterocycles. The van der Waals surface area contributed by atoms with E-state index in [9.17, 15) is 0 Å². The second-order valence-electron chi connectivity index (χ2n) is 6.29. The summed E-state index contributed by atoms with van der Waals surface area (Å²) in [6, 6.07) is 5.64. The molecule has 0 aromatic heterocycles. The second-order valence-corrected chi connectivity index (χ2v) is 6.70. The van der Waals surface area contributed by atoms with Crippen LogP contribution in [0.3, 0.4) is 0 Å². The number of oxime groups is 1. The van der Waals surface area contributed by atoms with Gasteiger partial charge in [0.25, 0.3) is 0 Å². The van der Waals surface area contributed by atoms with Gasteiger partial charge in [-0.05, 0) is 39.0 Å². The molecular weight excluding hydrogens is 288 g/mol. The molecule has 1 heterocycles. The predicted octanol–water partition coefficient (Wildman–Crippen LogP) is 2.36. The van der Waals surface area contributed by atoms with Crippen molar-refractivity contribution in [1.29, 1.82) is 0 Å². The molecule has 0 bridgehead atoms. The first-order valence-electron chi connectivity index (χ1n) is 7.10. The van der Waals surface area contributed by atoms with E-state index in [1.807, 2.05) is 12.1 Å². The van der Waals surface area contributed by atoms with E-state index in [2.05, 4.69) is 35.7 Å². The summed E-state index contributed by atoms with van der Waals surface area (Å²) in [6.45, 7) is 10.7. The van der Waals surface area contributed by atoms with Crippen molar-refractivity contribution in [2.24, 2.45) is 10.9 Å². The Morgan fingerprint density at radius 3 is 2.33 bits per heavy atom. The largest absolute Gasteiger partial charge is 0.409 e. The Labute approximate surface area is 131 Å². The SMILES string of the molecule is CC(C)(C)N1CCN(c2ccc(C(N)=NO)c(Cl)c2)CC1. The molecule has 0 spiro atoms. The van der Waals surface area contributed by atoms with Crippen molar-refractivity contribution < 1.29 is 5.21 Å². The fraction of sp³-hybridized carbons (Fsp3) is 0.533. The molecule has 21 heavy (non-hydrogen) atoms. The number of piperazine rings is 1. The van der Waals surface area contributed by atoms with Crippen LogP contribution in [0.25, 0.3) is 0 Å². The molecule has 2 rings (SSSR count). The van der Waals surface area contributed by atoms with Gasteiger partial charge in [-0.2, -0.15) is 0 Å². The summed E-state index contributed by atoms with van der Waals surface area (Å²) in [4.78, 5) is 4.79. The molecule has 1 aliphatic heterocycles. The first-order valence-corrected chi connectivity index (χ1v) is 7.48. The highest BCUT2D eigenvalue weighted by atomic mass is 35.5. The second kappa shape index (κ2) is 6.12. The molecule has 1 aliphatic rings. The predicted molar refractivity (Wildman–Crippen MR) is 87.5 cm³/mol. The molecule has 6 heteroatoms. The van der Waals surface area contributed by atoms with E-state index in [1.165, 1.54) is 0 Å². The van der Waals surface area contributed by atoms with Gasteiger partial charge in [-0.1, -0.05) is 16.8 Å². The number of rotatable bonds is 2. The molecule has 0 aliphatic carbocycles. The minimum absolute atomic E-state index is 0.0316. The first kappa shape index (κ1) is 15.9. The maximum Gasteiger partial charge on any atom is 0.171 e. The molecule has 1 aromatic rings. The zero-order chi connectivity index (χ0) is 15.6. The molecular formula is C15H23ClN4O. The number of benzene rings is 1. The Kier molecular flexibility index (Phi) is 4.64. The van der Waals surface area contributed by atoms with Gasteiger partial charge in [-0.25, -0.2) is 0 Å². The van der Waals surface area contributed by atoms with E-state index in [-0.39, 0.29) is 11.4 Å². The molecule has 0 amide bonds. The lowest BCUT2D eigenvalue weighted by Gasteiger charge is -2.43. The van der Waals surface area contributed by atoms with Crippen LogP contribution in [-0.2, 0) is 0 Å². The van der Waals surface area contributed by atoms with Crippen molar-refractivity contribution in [1.82, 2.24) is 4.90 Å². The van der Waals surface area contributed by atoms with Crippen LogP contribution < -0.4 is 10.6 Å². The van der Waals surface area contributed by atoms with Crippen molar-refractivity contribution in [3.8, 4) is 0 Å². The number of nitrogens with zero attached hydrogens (tertiary/aromatic N) is 3. The monoisotopic (exact) mass is 310 g/mol. The maximum absolute atomic E-state index is 8.72. The third-order valence-corrected chi connectivity index (χ3v) is 4.24. The summed E-state index contributed by atoms with van der Waals surface area (Å²) < 4.78 is 0. The van der Waals surface area contributed by atoms with Crippen molar-refractivity contribution in [3.05, 3.63) is 28.8 Å². The molecule has 0 saturated carbocycles. The summed E-state index contributed by atoms with van der Waals surface area (Å²) in [6.07, 6.45) is 0. The van der Waals surface area contributed by atoms with E-state index in [1.54, 1.807) is 6.07 Å². The van der Waals surface area contributed by atoms with Crippen LogP contribution in [0.4, 0.5) is 5.69 Å². The smallest absolute Gasteiger partial charge is 0.171 e. The number of anilines is 1. The van der Waals surface area contributed by atoms with Gasteiger partial charge < -0.3 is 15.8 Å². The van der Waals surface area contributed by atoms with Crippen LogP contribution in [0.5, 0.6) is 0 Å². The average Bonchev–Trinajstić information content (AvgIpc) is 2.45. The Morgan fingerprint density at radius 2 is 1.86 bits per heavy atom. The first-order chi connectivity index (χ1) is 9.82. The van der Waals surface area contributed by atoms with Crippen LogP contribution in [-0.4, -0.2) is 47.7 Å². The Morgan fingerprint density at radius 1 is 1.24 bits per heavy atom. The number of halogens is 1. The zero-order valence-corrected chi connectivity index (χ0v) is 13.6. The van der Waals surface area contributed by atoms with Gasteiger partial charge in [0.1, 0.15) is 0 Å². The van der Waals surface area contributed by atoms with Gasteiger partial charge in [0.05, 0.1) is 5.02 Å². The van der Waals surface area contributed by atoms with Crippen LogP contribution in [0.15, 0.2) is 23.4 Å². The fourth-order valence-corrected chi connectivity index (χ4v) is 2.87. The highest BCUT2D eigenvalue weighted by molar-refractivity contribution is 6.34. The van der Waals surface area contributed by atoms with Crippen molar-refractivity contribution in [2.75, 3.05) is 31.1 Å². The Hall–Kier alpha value is -1.46. The van der Waals surface area contributed by atoms with Gasteiger partial charge in [0.15, 0.2) is 5.84 Å². The number of amidine groups is 1. The minimum Gasteiger partial charge on any atom is -0.409 e. The lowest BCUT2D eigenvalue weighted by atomic mass is 10.0. The van der Waals surface area contributed by atoms with Gasteiger partial charge >= 0.3 is 0 Å². The third-order valence-electron chi connectivity index (χ3n) is 3.93. The van der Waals surface area contributed by atoms with E-state index >= 15 is 0 Å². The molecule has 3 N–H and O–H groups in total. The van der Waals surface area contributed by atoms with Crippen LogP contribution in [0.2, 0.25) is 5.02 Å². The van der Waals surface area contributed by atoms with Crippen molar-refractivity contribution in [3.63, 3.8) is 0 Å². The number of hydrogen-bond donors (Lipinski definition) is 2. The normalized spacial score (nSPS) is 18.1. The molecule has 5 nitrogen and oxygen atoms in total. The number of nitrogens with two attached hydrogens (primary N) is 1. The van der Waals surface area contributed by atoms with E-state index in [4.69, 9.17) is 22.5 Å². The maximum atomic E-state index is 8.72. The molecule has 1 aromatic carbocycles. The molecule has 0 radical (unpaired) electrons. The fourth-order valence-electron chi connectivity index (χ4n) is 2.60. The number of hydrogen-bond acceptors (Lipinski definition) is 4. The van der Waals surface area contributed by atoms with Gasteiger partial charge in [0, 0.05) is 43.0 Å². The summed E-state index contributed by atoms with van der Waals surface area (Å²) in [5, 5.41) is 12.2. The summed E-state index contributed by atoms with van der Waals surface area (Å²) >= 11 is 6.21. The Balaban J connectivity index is 2.09. The minimum atomic E-state index is 0.0316. The van der Waals surface area contributed by atoms with Crippen LogP contribution >= 0.6 is 11.6 Å². The zero-order valence-electron chi connectivity index (χ0n) is 12.8. The molecule has 116 valence electrons. The topological polar surface area (TPSA) is 65.1 Å². The standard InChI is InChI=1S/C15H23ClN4O/c1-15(2,3)20-8-6-19(7-9-20)11-4-5-12(13(16)10-11)14(17)18-21/h4-5,10,21H,6-9H2,1-3H3,(H2,17,18). The molecule has 0 unspecified atom stereocenters. The van der Waals surface area contributed by atoms with Gasteiger partial charge in [-0.15, -0.1) is 0 Å². The molecule has 0 atom stereocenters. The lowest BCUT2D eigenvalue weighted by molar-refractivity contribution is 0.128. The lowest BCUT2D eigenvalue weighted by Crippen LogP contribution is -2.53.